The molecule has 0 fully saturated rings. The van der Waals surface area contributed by atoms with Gasteiger partial charge in [0.15, 0.2) is 0 Å². The first-order valence-corrected chi connectivity index (χ1v) is 28.4. The highest BCUT2D eigenvalue weighted by Gasteiger charge is 2.43. The van der Waals surface area contributed by atoms with Crippen LogP contribution in [0.2, 0.25) is 0 Å². The number of hydrogen-bond acceptors (Lipinski definition) is 2. The molecule has 0 aliphatic heterocycles. The van der Waals surface area contributed by atoms with Crippen LogP contribution in [-0.2, 0) is 49.4 Å². The predicted molar refractivity (Wildman–Crippen MR) is 316 cm³/mol. The lowest BCUT2D eigenvalue weighted by Gasteiger charge is -2.21. The Morgan fingerprint density at radius 3 is 0.808 bits per heavy atom. The van der Waals surface area contributed by atoms with Crippen molar-refractivity contribution in [1.82, 2.24) is 9.13 Å². The van der Waals surface area contributed by atoms with Gasteiger partial charge in [0.25, 0.3) is 0 Å². The van der Waals surface area contributed by atoms with Crippen molar-refractivity contribution in [3.8, 4) is 79.1 Å². The van der Waals surface area contributed by atoms with Crippen LogP contribution < -0.4 is 0 Å². The van der Waals surface area contributed by atoms with E-state index >= 15 is 0 Å². The third-order valence-electron chi connectivity index (χ3n) is 16.7. The zero-order valence-corrected chi connectivity index (χ0v) is 49.1. The summed E-state index contributed by atoms with van der Waals surface area (Å²) in [6, 6.07) is 25.3. The molecule has 0 unspecified atom stereocenters. The molecule has 4 nitrogen and oxygen atoms in total. The molecule has 99 heavy (non-hydrogen) atoms. The second kappa shape index (κ2) is 23.1. The monoisotopic (exact) mass is 1400 g/mol. The van der Waals surface area contributed by atoms with Crippen LogP contribution in [-0.4, -0.2) is 9.13 Å². The van der Waals surface area contributed by atoms with E-state index in [2.05, 4.69) is 0 Å². The molecule has 12 rings (SSSR count). The first kappa shape index (κ1) is 68.1. The first-order chi connectivity index (χ1) is 45.9. The predicted octanol–water partition coefficient (Wildman–Crippen LogP) is 24.4. The number of benzene rings is 10. The number of nitrogens with zero attached hydrogens (tertiary/aromatic N) is 4. The number of fused-ring (bicyclic) bond motifs is 6. The summed E-state index contributed by atoms with van der Waals surface area (Å²) < 4.78 is 352. The molecule has 0 aliphatic carbocycles. The van der Waals surface area contributed by atoms with Crippen LogP contribution in [0, 0.1) is 29.6 Å². The van der Waals surface area contributed by atoms with E-state index in [4.69, 9.17) is 0 Å². The van der Waals surface area contributed by atoms with Crippen LogP contribution >= 0.6 is 0 Å². The van der Waals surface area contributed by atoms with Gasteiger partial charge in [0.1, 0.15) is 0 Å². The second-order valence-electron chi connectivity index (χ2n) is 22.8. The Morgan fingerprint density at radius 1 is 0.253 bits per heavy atom. The average molecular weight is 1400 g/mol. The standard InChI is InChI=1S/C71H32F24N4/c1-33-2-11-45(54(20-33)68(84,85)86)34-3-16-58-50(22-34)51-23-35(46-13-8-41(65(75,76)77)27-55(46)69(87,88)89)4-17-59(51)98(58)62-26-39(32-97)49(44-12-7-40(64(72,73)74)21-38(44)31-96)30-63(62)99-60-18-5-36(47-14-9-42(66(78,79)80)28-56(47)70(90,91)92)24-52(60)53-25-37(6-19-61(53)99)48-15-10-43(67(81,82)83)29-57(48)71(93,94)95/h2-30H,1H3. The molecule has 0 N–H and O–H groups in total. The zero-order chi connectivity index (χ0) is 72.0. The minimum Gasteiger partial charge on any atom is -0.307 e. The van der Waals surface area contributed by atoms with Crippen LogP contribution in [0.4, 0.5) is 105 Å². The topological polar surface area (TPSA) is 57.4 Å². The van der Waals surface area contributed by atoms with Gasteiger partial charge in [-0.05, 0) is 167 Å². The summed E-state index contributed by atoms with van der Waals surface area (Å²) in [6.07, 6.45) is -42.7. The maximum atomic E-state index is 15.0. The Hall–Kier alpha value is -10.9. The molecule has 10 aromatic carbocycles. The summed E-state index contributed by atoms with van der Waals surface area (Å²) in [5.74, 6) is 0. The number of halogens is 24. The van der Waals surface area contributed by atoms with E-state index in [9.17, 15) is 116 Å². The number of rotatable bonds is 7. The molecule has 2 heterocycles. The van der Waals surface area contributed by atoms with Crippen molar-refractivity contribution in [3.05, 3.63) is 237 Å². The summed E-state index contributed by atoms with van der Waals surface area (Å²) >= 11 is 0. The summed E-state index contributed by atoms with van der Waals surface area (Å²) in [4.78, 5) is 0. The van der Waals surface area contributed by atoms with Crippen LogP contribution in [0.25, 0.3) is 111 Å². The van der Waals surface area contributed by atoms with Crippen molar-refractivity contribution in [3.63, 3.8) is 0 Å². The largest absolute Gasteiger partial charge is 0.417 e. The lowest BCUT2D eigenvalue weighted by molar-refractivity contribution is -0.144. The fourth-order valence-electron chi connectivity index (χ4n) is 12.3. The molecule has 0 radical (unpaired) electrons. The van der Waals surface area contributed by atoms with Crippen molar-refractivity contribution in [2.24, 2.45) is 0 Å². The fraction of sp³-hybridized carbons (Fsp3) is 0.127. The van der Waals surface area contributed by atoms with E-state index in [0.717, 1.165) is 84.9 Å². The Bertz CT molecular complexity index is 5280. The average Bonchev–Trinajstić information content (AvgIpc) is 1.56. The summed E-state index contributed by atoms with van der Waals surface area (Å²) in [7, 11) is 0. The molecule has 504 valence electrons. The van der Waals surface area contributed by atoms with Gasteiger partial charge in [-0.2, -0.15) is 116 Å². The van der Waals surface area contributed by atoms with Crippen molar-refractivity contribution in [2.45, 2.75) is 56.3 Å². The molecule has 0 atom stereocenters. The van der Waals surface area contributed by atoms with Gasteiger partial charge < -0.3 is 9.13 Å². The van der Waals surface area contributed by atoms with Gasteiger partial charge in [-0.1, -0.05) is 66.2 Å². The van der Waals surface area contributed by atoms with Gasteiger partial charge >= 0.3 is 49.4 Å². The fourth-order valence-corrected chi connectivity index (χ4v) is 12.3. The van der Waals surface area contributed by atoms with E-state index in [1.165, 1.54) is 40.3 Å². The third kappa shape index (κ3) is 12.3. The maximum absolute atomic E-state index is 15.0. The van der Waals surface area contributed by atoms with Gasteiger partial charge in [-0.25, -0.2) is 0 Å². The lowest BCUT2D eigenvalue weighted by Crippen LogP contribution is -2.12. The van der Waals surface area contributed by atoms with Crippen molar-refractivity contribution >= 4 is 43.6 Å². The molecule has 2 aromatic heterocycles. The van der Waals surface area contributed by atoms with Gasteiger partial charge in [-0.3, -0.25) is 0 Å². The van der Waals surface area contributed by atoms with Gasteiger partial charge in [0, 0.05) is 32.7 Å². The van der Waals surface area contributed by atoms with Gasteiger partial charge in [-0.15, -0.1) is 0 Å². The van der Waals surface area contributed by atoms with Crippen molar-refractivity contribution < 1.29 is 105 Å². The Labute approximate surface area is 539 Å². The van der Waals surface area contributed by atoms with Crippen LogP contribution in [0.3, 0.4) is 0 Å². The van der Waals surface area contributed by atoms with Crippen LogP contribution in [0.15, 0.2) is 176 Å². The summed E-state index contributed by atoms with van der Waals surface area (Å²) in [6.45, 7) is 1.35. The number of aryl methyl sites for hydroxylation is 1. The van der Waals surface area contributed by atoms with Gasteiger partial charge in [0.2, 0.25) is 0 Å². The van der Waals surface area contributed by atoms with E-state index < -0.39 is 155 Å². The molecule has 0 amide bonds. The Balaban J connectivity index is 1.25. The van der Waals surface area contributed by atoms with Crippen molar-refractivity contribution in [1.29, 1.82) is 10.5 Å². The normalized spacial score (nSPS) is 13.1. The Kier molecular flexibility index (Phi) is 15.9. The molecular weight excluding hydrogens is 1360 g/mol. The highest BCUT2D eigenvalue weighted by Crippen LogP contribution is 2.51. The highest BCUT2D eigenvalue weighted by atomic mass is 19.4. The quantitative estimate of drug-likeness (QED) is 0.149. The smallest absolute Gasteiger partial charge is 0.307 e. The minimum absolute atomic E-state index is 0.130. The van der Waals surface area contributed by atoms with Crippen LogP contribution in [0.1, 0.15) is 61.2 Å². The molecule has 0 saturated carbocycles. The number of aromatic nitrogens is 2. The molecule has 0 aliphatic rings. The van der Waals surface area contributed by atoms with E-state index in [1.54, 1.807) is 6.07 Å². The van der Waals surface area contributed by atoms with E-state index in [-0.39, 0.29) is 84.3 Å². The lowest BCUT2D eigenvalue weighted by atomic mass is 9.93. The Morgan fingerprint density at radius 2 is 0.515 bits per heavy atom. The molecule has 0 saturated heterocycles. The number of nitriles is 2. The highest BCUT2D eigenvalue weighted by molar-refractivity contribution is 6.14. The number of hydrogen-bond donors (Lipinski definition) is 0. The minimum atomic E-state index is -5.54. The molecule has 12 aromatic rings. The zero-order valence-electron chi connectivity index (χ0n) is 49.1. The second-order valence-corrected chi connectivity index (χ2v) is 22.8. The SMILES string of the molecule is Cc1ccc(-c2ccc3c(c2)c2cc(-c4ccc(C(F)(F)F)cc4C(F)(F)F)ccc2n3-c2cc(C#N)c(-c3ccc(C(F)(F)F)cc3C#N)cc2-n2c3ccc(-c4ccc(C(F)(F)F)cc4C(F)(F)F)cc3c3cc(-c4ccc(C(F)(F)F)cc4C(F)(F)F)ccc32)c(C(F)(F)F)c1. The summed E-state index contributed by atoms with van der Waals surface area (Å²) in [5, 5.41) is 20.6. The molecular formula is C71H32F24N4. The van der Waals surface area contributed by atoms with E-state index in [1.807, 2.05) is 6.07 Å². The first-order valence-electron chi connectivity index (χ1n) is 28.4. The van der Waals surface area contributed by atoms with Crippen molar-refractivity contribution in [2.75, 3.05) is 0 Å². The molecule has 0 bridgehead atoms. The van der Waals surface area contributed by atoms with E-state index in [0.29, 0.717) is 48.5 Å². The summed E-state index contributed by atoms with van der Waals surface area (Å²) in [5.41, 5.74) is -21.5. The third-order valence-corrected chi connectivity index (χ3v) is 16.7. The van der Waals surface area contributed by atoms with Gasteiger partial charge in [0.05, 0.1) is 101 Å². The van der Waals surface area contributed by atoms with Crippen LogP contribution in [0.5, 0.6) is 0 Å². The number of alkyl halides is 24. The molecule has 28 heteroatoms. The maximum Gasteiger partial charge on any atom is 0.417 e. The molecule has 0 spiro atoms.